The lowest BCUT2D eigenvalue weighted by Crippen LogP contribution is -2.10. The van der Waals surface area contributed by atoms with Gasteiger partial charge in [-0.2, -0.15) is 0 Å². The summed E-state index contributed by atoms with van der Waals surface area (Å²) in [6, 6.07) is 3.28. The number of rotatable bonds is 1. The van der Waals surface area contributed by atoms with E-state index >= 15 is 0 Å². The molecule has 2 nitrogen and oxygen atoms in total. The second kappa shape index (κ2) is 4.31. The van der Waals surface area contributed by atoms with Crippen molar-refractivity contribution in [3.05, 3.63) is 34.8 Å². The van der Waals surface area contributed by atoms with Gasteiger partial charge in [-0.15, -0.1) is 11.3 Å². The normalized spacial score (nSPS) is 11.8. The molecule has 18 heavy (non-hydrogen) atoms. The van der Waals surface area contributed by atoms with E-state index in [0.717, 1.165) is 23.2 Å². The number of benzene rings is 1. The first kappa shape index (κ1) is 13.0. The minimum Gasteiger partial charge on any atom is -0.389 e. The maximum absolute atomic E-state index is 13.7. The summed E-state index contributed by atoms with van der Waals surface area (Å²) in [5, 5.41) is 1.21. The van der Waals surface area contributed by atoms with E-state index in [2.05, 4.69) is 4.98 Å². The van der Waals surface area contributed by atoms with Crippen LogP contribution in [0.1, 0.15) is 25.8 Å². The van der Waals surface area contributed by atoms with Gasteiger partial charge in [0.15, 0.2) is 0 Å². The number of thiazole rings is 1. The molecule has 0 aliphatic carbocycles. The highest BCUT2D eigenvalue weighted by atomic mass is 32.1. The van der Waals surface area contributed by atoms with Gasteiger partial charge in [0.2, 0.25) is 0 Å². The number of nitrogen functional groups attached to an aromatic ring is 1. The predicted molar refractivity (Wildman–Crippen MR) is 70.6 cm³/mol. The van der Waals surface area contributed by atoms with Crippen molar-refractivity contribution >= 4 is 16.3 Å². The molecule has 0 saturated carbocycles. The van der Waals surface area contributed by atoms with E-state index in [1.807, 2.05) is 20.8 Å². The topological polar surface area (TPSA) is 38.9 Å². The van der Waals surface area contributed by atoms with Crippen molar-refractivity contribution in [1.82, 2.24) is 4.98 Å². The Labute approximate surface area is 108 Å². The summed E-state index contributed by atoms with van der Waals surface area (Å²) in [6.45, 7) is 5.99. The van der Waals surface area contributed by atoms with Crippen molar-refractivity contribution in [1.29, 1.82) is 0 Å². The average Bonchev–Trinajstić information content (AvgIpc) is 2.64. The molecule has 0 unspecified atom stereocenters. The third-order valence-electron chi connectivity index (χ3n) is 2.48. The largest absolute Gasteiger partial charge is 0.389 e. The summed E-state index contributed by atoms with van der Waals surface area (Å²) in [4.78, 5) is 4.34. The molecule has 5 heteroatoms. The van der Waals surface area contributed by atoms with E-state index in [1.54, 1.807) is 0 Å². The van der Waals surface area contributed by atoms with E-state index in [-0.39, 0.29) is 11.0 Å². The molecule has 2 aromatic rings. The van der Waals surface area contributed by atoms with E-state index < -0.39 is 11.6 Å². The molecule has 0 aliphatic rings. The fraction of sp³-hybridized carbons (Fsp3) is 0.308. The first-order valence-electron chi connectivity index (χ1n) is 5.51. The highest BCUT2D eigenvalue weighted by Gasteiger charge is 2.22. The zero-order chi connectivity index (χ0) is 13.5. The molecular weight excluding hydrogens is 254 g/mol. The molecule has 0 fully saturated rings. The molecule has 0 spiro atoms. The van der Waals surface area contributed by atoms with Crippen molar-refractivity contribution in [2.24, 2.45) is 0 Å². The molecule has 0 aliphatic heterocycles. The second-order valence-corrected chi connectivity index (χ2v) is 6.14. The van der Waals surface area contributed by atoms with Gasteiger partial charge in [-0.1, -0.05) is 20.8 Å². The first-order chi connectivity index (χ1) is 8.29. The second-order valence-electron chi connectivity index (χ2n) is 5.11. The van der Waals surface area contributed by atoms with Crippen LogP contribution in [0.25, 0.3) is 11.3 Å². The van der Waals surface area contributed by atoms with Crippen LogP contribution in [0.4, 0.5) is 13.8 Å². The number of aromatic nitrogens is 1. The van der Waals surface area contributed by atoms with E-state index in [0.29, 0.717) is 10.7 Å². The summed E-state index contributed by atoms with van der Waals surface area (Å²) in [5.41, 5.74) is 6.12. The third-order valence-corrected chi connectivity index (χ3v) is 3.79. The summed E-state index contributed by atoms with van der Waals surface area (Å²) in [6.07, 6.45) is 0. The Morgan fingerprint density at radius 3 is 2.44 bits per heavy atom. The van der Waals surface area contributed by atoms with Crippen molar-refractivity contribution in [2.45, 2.75) is 26.2 Å². The number of nitrogens with zero attached hydrogens (tertiary/aromatic N) is 1. The molecule has 0 saturated heterocycles. The minimum absolute atomic E-state index is 0.110. The smallest absolute Gasteiger partial charge is 0.132 e. The van der Waals surface area contributed by atoms with Gasteiger partial charge in [-0.25, -0.2) is 13.8 Å². The fourth-order valence-electron chi connectivity index (χ4n) is 1.52. The average molecular weight is 268 g/mol. The summed E-state index contributed by atoms with van der Waals surface area (Å²) in [5.74, 6) is -1.02. The third kappa shape index (κ3) is 2.36. The SMILES string of the molecule is CC(C)(C)c1nc(-c2cc(F)ccc2F)c(N)s1. The van der Waals surface area contributed by atoms with Crippen LogP contribution in [0.5, 0.6) is 0 Å². The molecular formula is C13H14F2N2S. The molecule has 0 atom stereocenters. The Morgan fingerprint density at radius 1 is 1.22 bits per heavy atom. The Balaban J connectivity index is 2.58. The fourth-order valence-corrected chi connectivity index (χ4v) is 2.43. The van der Waals surface area contributed by atoms with Crippen LogP contribution in [0.3, 0.4) is 0 Å². The van der Waals surface area contributed by atoms with E-state index in [9.17, 15) is 8.78 Å². The van der Waals surface area contributed by atoms with Crippen molar-refractivity contribution in [2.75, 3.05) is 5.73 Å². The molecule has 0 radical (unpaired) electrons. The van der Waals surface area contributed by atoms with Crippen LogP contribution in [0, 0.1) is 11.6 Å². The summed E-state index contributed by atoms with van der Waals surface area (Å²) in [7, 11) is 0. The van der Waals surface area contributed by atoms with Gasteiger partial charge in [-0.05, 0) is 18.2 Å². The first-order valence-corrected chi connectivity index (χ1v) is 6.33. The molecule has 96 valence electrons. The molecule has 2 rings (SSSR count). The van der Waals surface area contributed by atoms with Crippen LogP contribution in [0.15, 0.2) is 18.2 Å². The van der Waals surface area contributed by atoms with Crippen LogP contribution in [0.2, 0.25) is 0 Å². The lowest BCUT2D eigenvalue weighted by atomic mass is 9.98. The van der Waals surface area contributed by atoms with E-state index in [4.69, 9.17) is 5.73 Å². The molecule has 0 bridgehead atoms. The van der Waals surface area contributed by atoms with Gasteiger partial charge >= 0.3 is 0 Å². The monoisotopic (exact) mass is 268 g/mol. The van der Waals surface area contributed by atoms with Crippen molar-refractivity contribution in [3.63, 3.8) is 0 Å². The zero-order valence-electron chi connectivity index (χ0n) is 10.4. The number of hydrogen-bond acceptors (Lipinski definition) is 3. The zero-order valence-corrected chi connectivity index (χ0v) is 11.2. The molecule has 1 heterocycles. The number of hydrogen-bond donors (Lipinski definition) is 1. The van der Waals surface area contributed by atoms with Crippen LogP contribution >= 0.6 is 11.3 Å². The predicted octanol–water partition coefficient (Wildman–Crippen LogP) is 3.97. The van der Waals surface area contributed by atoms with Gasteiger partial charge in [0.1, 0.15) is 27.3 Å². The van der Waals surface area contributed by atoms with E-state index in [1.165, 1.54) is 11.3 Å². The Hall–Kier alpha value is -1.49. The molecule has 0 amide bonds. The van der Waals surface area contributed by atoms with Gasteiger partial charge in [0.05, 0.1) is 0 Å². The van der Waals surface area contributed by atoms with Gasteiger partial charge < -0.3 is 5.73 Å². The Bertz CT molecular complexity index is 585. The lowest BCUT2D eigenvalue weighted by molar-refractivity contribution is 0.584. The van der Waals surface area contributed by atoms with Gasteiger partial charge in [0.25, 0.3) is 0 Å². The Kier molecular flexibility index (Phi) is 3.11. The van der Waals surface area contributed by atoms with Crippen molar-refractivity contribution in [3.8, 4) is 11.3 Å². The summed E-state index contributed by atoms with van der Waals surface area (Å²) >= 11 is 1.31. The molecule has 1 aromatic carbocycles. The highest BCUT2D eigenvalue weighted by Crippen LogP contribution is 2.37. The lowest BCUT2D eigenvalue weighted by Gasteiger charge is -2.13. The quantitative estimate of drug-likeness (QED) is 0.850. The van der Waals surface area contributed by atoms with Crippen LogP contribution < -0.4 is 5.73 Å². The maximum atomic E-state index is 13.7. The Morgan fingerprint density at radius 2 is 1.89 bits per heavy atom. The molecule has 1 aromatic heterocycles. The minimum atomic E-state index is -0.520. The van der Waals surface area contributed by atoms with Gasteiger partial charge in [-0.3, -0.25) is 0 Å². The van der Waals surface area contributed by atoms with Crippen LogP contribution in [-0.2, 0) is 5.41 Å². The van der Waals surface area contributed by atoms with Crippen molar-refractivity contribution < 1.29 is 8.78 Å². The standard InChI is InChI=1S/C13H14F2N2S/c1-13(2,3)12-17-10(11(16)18-12)8-6-7(14)4-5-9(8)15/h4-6H,16H2,1-3H3. The number of halogens is 2. The summed E-state index contributed by atoms with van der Waals surface area (Å²) < 4.78 is 26.9. The van der Waals surface area contributed by atoms with Gasteiger partial charge in [0, 0.05) is 11.0 Å². The molecule has 2 N–H and O–H groups in total. The number of nitrogens with two attached hydrogens (primary N) is 1. The van der Waals surface area contributed by atoms with Crippen LogP contribution in [-0.4, -0.2) is 4.98 Å². The highest BCUT2D eigenvalue weighted by molar-refractivity contribution is 7.16. The number of anilines is 1. The maximum Gasteiger partial charge on any atom is 0.132 e.